The standard InChI is InChI=1S/C14H16BrN5/c1-10(2)5-6-19-9-11(7-17-19)12-3-4-14-16-8-13(15)20(14)18-12/h3-4,7-10H,5-6H2,1-2H3. The maximum Gasteiger partial charge on any atom is 0.154 e. The Bertz CT molecular complexity index is 728. The van der Waals surface area contributed by atoms with Crippen molar-refractivity contribution < 1.29 is 0 Å². The van der Waals surface area contributed by atoms with Crippen LogP contribution in [-0.4, -0.2) is 24.4 Å². The van der Waals surface area contributed by atoms with Crippen molar-refractivity contribution in [1.82, 2.24) is 24.4 Å². The topological polar surface area (TPSA) is 48.0 Å². The molecular weight excluding hydrogens is 318 g/mol. The summed E-state index contributed by atoms with van der Waals surface area (Å²) in [5, 5.41) is 8.96. The molecule has 3 aromatic rings. The quantitative estimate of drug-likeness (QED) is 0.735. The second-order valence-corrected chi connectivity index (χ2v) is 6.06. The highest BCUT2D eigenvalue weighted by Crippen LogP contribution is 2.19. The Balaban J connectivity index is 1.88. The third-order valence-electron chi connectivity index (χ3n) is 3.19. The van der Waals surface area contributed by atoms with E-state index >= 15 is 0 Å². The summed E-state index contributed by atoms with van der Waals surface area (Å²) in [6.07, 6.45) is 6.78. The van der Waals surface area contributed by atoms with E-state index in [1.807, 2.05) is 29.2 Å². The first kappa shape index (κ1) is 13.3. The molecule has 3 rings (SSSR count). The van der Waals surface area contributed by atoms with Crippen molar-refractivity contribution in [3.8, 4) is 11.3 Å². The summed E-state index contributed by atoms with van der Waals surface area (Å²) < 4.78 is 4.60. The lowest BCUT2D eigenvalue weighted by atomic mass is 10.1. The van der Waals surface area contributed by atoms with Crippen LogP contribution in [0.25, 0.3) is 16.9 Å². The fraction of sp³-hybridized carbons (Fsp3) is 0.357. The molecule has 0 saturated heterocycles. The van der Waals surface area contributed by atoms with Gasteiger partial charge in [-0.05, 0) is 40.4 Å². The number of rotatable bonds is 4. The van der Waals surface area contributed by atoms with Gasteiger partial charge >= 0.3 is 0 Å². The van der Waals surface area contributed by atoms with E-state index in [1.54, 1.807) is 10.7 Å². The minimum atomic E-state index is 0.680. The van der Waals surface area contributed by atoms with Gasteiger partial charge < -0.3 is 0 Å². The summed E-state index contributed by atoms with van der Waals surface area (Å²) >= 11 is 3.44. The van der Waals surface area contributed by atoms with Crippen LogP contribution in [0.1, 0.15) is 20.3 Å². The Kier molecular flexibility index (Phi) is 3.56. The van der Waals surface area contributed by atoms with E-state index < -0.39 is 0 Å². The number of hydrogen-bond acceptors (Lipinski definition) is 3. The van der Waals surface area contributed by atoms with Gasteiger partial charge in [-0.15, -0.1) is 0 Å². The second kappa shape index (κ2) is 5.36. The Hall–Kier alpha value is -1.69. The molecule has 0 aromatic carbocycles. The third kappa shape index (κ3) is 2.60. The van der Waals surface area contributed by atoms with Crippen LogP contribution >= 0.6 is 15.9 Å². The number of aryl methyl sites for hydroxylation is 1. The fourth-order valence-electron chi connectivity index (χ4n) is 2.01. The summed E-state index contributed by atoms with van der Waals surface area (Å²) in [5.74, 6) is 0.680. The molecule has 104 valence electrons. The van der Waals surface area contributed by atoms with Crippen LogP contribution in [0, 0.1) is 5.92 Å². The van der Waals surface area contributed by atoms with Crippen LogP contribution in [-0.2, 0) is 6.54 Å². The number of imidazole rings is 1. The normalized spacial score (nSPS) is 11.6. The molecule has 5 nitrogen and oxygen atoms in total. The summed E-state index contributed by atoms with van der Waals surface area (Å²) in [5.41, 5.74) is 2.75. The smallest absolute Gasteiger partial charge is 0.154 e. The van der Waals surface area contributed by atoms with E-state index in [1.165, 1.54) is 0 Å². The predicted octanol–water partition coefficient (Wildman–Crippen LogP) is 3.40. The lowest BCUT2D eigenvalue weighted by Gasteiger charge is -2.03. The molecule has 6 heteroatoms. The van der Waals surface area contributed by atoms with Gasteiger partial charge in [0.15, 0.2) is 5.65 Å². The first-order valence-electron chi connectivity index (χ1n) is 6.66. The van der Waals surface area contributed by atoms with Crippen LogP contribution in [0.15, 0.2) is 35.3 Å². The highest BCUT2D eigenvalue weighted by molar-refractivity contribution is 9.10. The molecule has 0 amide bonds. The number of hydrogen-bond donors (Lipinski definition) is 0. The van der Waals surface area contributed by atoms with Crippen molar-refractivity contribution in [2.24, 2.45) is 5.92 Å². The van der Waals surface area contributed by atoms with Crippen LogP contribution < -0.4 is 0 Å². The highest BCUT2D eigenvalue weighted by atomic mass is 79.9. The zero-order chi connectivity index (χ0) is 14.1. The summed E-state index contributed by atoms with van der Waals surface area (Å²) in [7, 11) is 0. The second-order valence-electron chi connectivity index (χ2n) is 5.24. The van der Waals surface area contributed by atoms with E-state index in [0.717, 1.165) is 34.5 Å². The van der Waals surface area contributed by atoms with Gasteiger partial charge in [-0.25, -0.2) is 9.50 Å². The van der Waals surface area contributed by atoms with Crippen molar-refractivity contribution in [1.29, 1.82) is 0 Å². The highest BCUT2D eigenvalue weighted by Gasteiger charge is 2.07. The van der Waals surface area contributed by atoms with Crippen molar-refractivity contribution in [2.75, 3.05) is 0 Å². The molecule has 3 heterocycles. The molecule has 0 atom stereocenters. The molecule has 0 saturated carbocycles. The molecule has 3 aromatic heterocycles. The van der Waals surface area contributed by atoms with Gasteiger partial charge in [-0.3, -0.25) is 4.68 Å². The maximum absolute atomic E-state index is 4.57. The molecule has 0 aliphatic rings. The van der Waals surface area contributed by atoms with E-state index in [9.17, 15) is 0 Å². The SMILES string of the molecule is CC(C)CCn1cc(-c2ccc3ncc(Br)n3n2)cn1. The minimum Gasteiger partial charge on any atom is -0.272 e. The van der Waals surface area contributed by atoms with Crippen molar-refractivity contribution in [3.05, 3.63) is 35.3 Å². The van der Waals surface area contributed by atoms with E-state index in [0.29, 0.717) is 5.92 Å². The molecule has 0 unspecified atom stereocenters. The zero-order valence-corrected chi connectivity index (χ0v) is 13.1. The Morgan fingerprint density at radius 3 is 2.90 bits per heavy atom. The van der Waals surface area contributed by atoms with Gasteiger partial charge in [0.2, 0.25) is 0 Å². The largest absolute Gasteiger partial charge is 0.272 e. The van der Waals surface area contributed by atoms with Crippen molar-refractivity contribution >= 4 is 21.6 Å². The number of nitrogens with zero attached hydrogens (tertiary/aromatic N) is 5. The fourth-order valence-corrected chi connectivity index (χ4v) is 2.37. The number of halogens is 1. The first-order valence-corrected chi connectivity index (χ1v) is 7.46. The molecule has 0 radical (unpaired) electrons. The lowest BCUT2D eigenvalue weighted by Crippen LogP contribution is -2.01. The maximum atomic E-state index is 4.57. The van der Waals surface area contributed by atoms with E-state index in [-0.39, 0.29) is 0 Å². The third-order valence-corrected chi connectivity index (χ3v) is 3.73. The average Bonchev–Trinajstić information content (AvgIpc) is 3.04. The van der Waals surface area contributed by atoms with Crippen LogP contribution in [0.2, 0.25) is 0 Å². The van der Waals surface area contributed by atoms with Gasteiger partial charge in [-0.1, -0.05) is 13.8 Å². The first-order chi connectivity index (χ1) is 9.63. The molecule has 20 heavy (non-hydrogen) atoms. The molecule has 0 bridgehead atoms. The predicted molar refractivity (Wildman–Crippen MR) is 81.4 cm³/mol. The van der Waals surface area contributed by atoms with Crippen LogP contribution in [0.5, 0.6) is 0 Å². The average molecular weight is 334 g/mol. The number of fused-ring (bicyclic) bond motifs is 1. The monoisotopic (exact) mass is 333 g/mol. The summed E-state index contributed by atoms with van der Waals surface area (Å²) in [4.78, 5) is 4.24. The Morgan fingerprint density at radius 1 is 1.25 bits per heavy atom. The van der Waals surface area contributed by atoms with E-state index in [4.69, 9.17) is 0 Å². The van der Waals surface area contributed by atoms with Crippen molar-refractivity contribution in [3.63, 3.8) is 0 Å². The summed E-state index contributed by atoms with van der Waals surface area (Å²) in [6, 6.07) is 3.93. The molecule has 0 fully saturated rings. The zero-order valence-electron chi connectivity index (χ0n) is 11.5. The molecule has 0 aliphatic heterocycles. The van der Waals surface area contributed by atoms with Gasteiger partial charge in [0.1, 0.15) is 4.60 Å². The van der Waals surface area contributed by atoms with Gasteiger partial charge in [0.25, 0.3) is 0 Å². The molecule has 0 spiro atoms. The Morgan fingerprint density at radius 2 is 2.10 bits per heavy atom. The molecule has 0 N–H and O–H groups in total. The van der Waals surface area contributed by atoms with Crippen molar-refractivity contribution in [2.45, 2.75) is 26.8 Å². The Labute approximate surface area is 125 Å². The van der Waals surface area contributed by atoms with Gasteiger partial charge in [-0.2, -0.15) is 10.2 Å². The minimum absolute atomic E-state index is 0.680. The number of aromatic nitrogens is 5. The summed E-state index contributed by atoms with van der Waals surface area (Å²) in [6.45, 7) is 5.38. The molecular formula is C14H16BrN5. The van der Waals surface area contributed by atoms with E-state index in [2.05, 4.69) is 45.0 Å². The van der Waals surface area contributed by atoms with Gasteiger partial charge in [0.05, 0.1) is 18.1 Å². The molecule has 0 aliphatic carbocycles. The lowest BCUT2D eigenvalue weighted by molar-refractivity contribution is 0.487. The van der Waals surface area contributed by atoms with Gasteiger partial charge in [0, 0.05) is 18.3 Å². The van der Waals surface area contributed by atoms with Crippen LogP contribution in [0.4, 0.5) is 0 Å². The van der Waals surface area contributed by atoms with Crippen LogP contribution in [0.3, 0.4) is 0 Å².